The standard InChI is InChI=1S/C16H12BrF3N2O/c1-22-12-7-11(17)8-13(14(12)21-15(22)16(18,19)20)23-9-10-5-3-2-4-6-10/h2-8H,9H2,1H3. The largest absolute Gasteiger partial charge is 0.487 e. The Bertz CT molecular complexity index is 844. The van der Waals surface area contributed by atoms with Crippen LogP contribution in [0.5, 0.6) is 5.75 Å². The van der Waals surface area contributed by atoms with Crippen LogP contribution in [-0.2, 0) is 19.8 Å². The summed E-state index contributed by atoms with van der Waals surface area (Å²) in [6, 6.07) is 12.6. The second kappa shape index (κ2) is 5.88. The monoisotopic (exact) mass is 384 g/mol. The van der Waals surface area contributed by atoms with Gasteiger partial charge in [-0.15, -0.1) is 0 Å². The molecule has 7 heteroatoms. The lowest BCUT2D eigenvalue weighted by molar-refractivity contribution is -0.146. The maximum absolute atomic E-state index is 13.0. The molecule has 0 saturated heterocycles. The number of aromatic nitrogens is 2. The van der Waals surface area contributed by atoms with Crippen LogP contribution < -0.4 is 4.74 Å². The van der Waals surface area contributed by atoms with E-state index in [-0.39, 0.29) is 12.1 Å². The molecule has 1 aromatic heterocycles. The number of benzene rings is 2. The maximum Gasteiger partial charge on any atom is 0.449 e. The van der Waals surface area contributed by atoms with E-state index >= 15 is 0 Å². The van der Waals surface area contributed by atoms with Gasteiger partial charge < -0.3 is 9.30 Å². The van der Waals surface area contributed by atoms with E-state index in [1.165, 1.54) is 7.05 Å². The molecule has 3 nitrogen and oxygen atoms in total. The Balaban J connectivity index is 2.03. The van der Waals surface area contributed by atoms with E-state index in [1.807, 2.05) is 30.3 Å². The number of imidazole rings is 1. The summed E-state index contributed by atoms with van der Waals surface area (Å²) in [4.78, 5) is 3.73. The van der Waals surface area contributed by atoms with Crippen LogP contribution in [0.2, 0.25) is 0 Å². The summed E-state index contributed by atoms with van der Waals surface area (Å²) in [6.07, 6.45) is -4.52. The van der Waals surface area contributed by atoms with Crippen LogP contribution in [0.15, 0.2) is 46.9 Å². The highest BCUT2D eigenvalue weighted by Gasteiger charge is 2.37. The van der Waals surface area contributed by atoms with Gasteiger partial charge in [-0.1, -0.05) is 46.3 Å². The summed E-state index contributed by atoms with van der Waals surface area (Å²) < 4.78 is 46.4. The molecule has 0 aliphatic rings. The minimum Gasteiger partial charge on any atom is -0.487 e. The highest BCUT2D eigenvalue weighted by molar-refractivity contribution is 9.10. The van der Waals surface area contributed by atoms with Crippen LogP contribution in [-0.4, -0.2) is 9.55 Å². The first-order chi connectivity index (χ1) is 10.9. The van der Waals surface area contributed by atoms with Gasteiger partial charge in [0.15, 0.2) is 0 Å². The zero-order chi connectivity index (χ0) is 16.6. The van der Waals surface area contributed by atoms with Crippen molar-refractivity contribution in [3.8, 4) is 5.75 Å². The lowest BCUT2D eigenvalue weighted by Gasteiger charge is -2.08. The fraction of sp³-hybridized carbons (Fsp3) is 0.188. The highest BCUT2D eigenvalue weighted by Crippen LogP contribution is 2.35. The lowest BCUT2D eigenvalue weighted by Crippen LogP contribution is -2.12. The normalized spacial score (nSPS) is 11.9. The first kappa shape index (κ1) is 15.9. The molecule has 0 radical (unpaired) electrons. The minimum absolute atomic E-state index is 0.193. The van der Waals surface area contributed by atoms with Crippen LogP contribution in [0.25, 0.3) is 11.0 Å². The molecule has 0 aliphatic heterocycles. The van der Waals surface area contributed by atoms with E-state index in [1.54, 1.807) is 12.1 Å². The third-order valence-electron chi connectivity index (χ3n) is 3.41. The average Bonchev–Trinajstić information content (AvgIpc) is 2.83. The van der Waals surface area contributed by atoms with Crippen molar-refractivity contribution in [1.82, 2.24) is 9.55 Å². The number of aryl methyl sites for hydroxylation is 1. The smallest absolute Gasteiger partial charge is 0.449 e. The number of nitrogens with zero attached hydrogens (tertiary/aromatic N) is 2. The molecule has 0 atom stereocenters. The Labute approximate surface area is 138 Å². The third-order valence-corrected chi connectivity index (χ3v) is 3.86. The molecule has 3 rings (SSSR count). The van der Waals surface area contributed by atoms with E-state index < -0.39 is 12.0 Å². The van der Waals surface area contributed by atoms with Gasteiger partial charge in [-0.2, -0.15) is 13.2 Å². The average molecular weight is 385 g/mol. The molecular weight excluding hydrogens is 373 g/mol. The number of ether oxygens (including phenoxy) is 1. The second-order valence-corrected chi connectivity index (χ2v) is 5.95. The number of hydrogen-bond acceptors (Lipinski definition) is 2. The molecule has 0 unspecified atom stereocenters. The Morgan fingerprint density at radius 3 is 2.52 bits per heavy atom. The Morgan fingerprint density at radius 2 is 1.87 bits per heavy atom. The molecule has 23 heavy (non-hydrogen) atoms. The first-order valence-electron chi connectivity index (χ1n) is 6.76. The molecule has 0 bridgehead atoms. The number of alkyl halides is 3. The molecule has 0 aliphatic carbocycles. The summed E-state index contributed by atoms with van der Waals surface area (Å²) in [5.74, 6) is -0.639. The summed E-state index contributed by atoms with van der Waals surface area (Å²) in [6.45, 7) is 0.254. The molecule has 0 N–H and O–H groups in total. The van der Waals surface area contributed by atoms with E-state index in [0.717, 1.165) is 10.1 Å². The van der Waals surface area contributed by atoms with Crippen LogP contribution in [0.3, 0.4) is 0 Å². The second-order valence-electron chi connectivity index (χ2n) is 5.04. The molecule has 0 saturated carbocycles. The van der Waals surface area contributed by atoms with Gasteiger partial charge in [-0.3, -0.25) is 0 Å². The van der Waals surface area contributed by atoms with Crippen molar-refractivity contribution in [2.24, 2.45) is 7.05 Å². The van der Waals surface area contributed by atoms with Crippen LogP contribution in [0.4, 0.5) is 13.2 Å². The van der Waals surface area contributed by atoms with Gasteiger partial charge in [0.2, 0.25) is 5.82 Å². The van der Waals surface area contributed by atoms with Crippen molar-refractivity contribution in [1.29, 1.82) is 0 Å². The summed E-state index contributed by atoms with van der Waals surface area (Å²) in [5, 5.41) is 0. The van der Waals surface area contributed by atoms with Gasteiger partial charge in [-0.05, 0) is 17.7 Å². The van der Waals surface area contributed by atoms with Crippen LogP contribution in [0.1, 0.15) is 11.4 Å². The number of halogens is 4. The van der Waals surface area contributed by atoms with Crippen molar-refractivity contribution >= 4 is 27.0 Å². The van der Waals surface area contributed by atoms with Crippen molar-refractivity contribution in [2.75, 3.05) is 0 Å². The Hall–Kier alpha value is -2.02. The maximum atomic E-state index is 13.0. The molecule has 0 fully saturated rings. The van der Waals surface area contributed by atoms with Crippen molar-refractivity contribution in [2.45, 2.75) is 12.8 Å². The molecule has 120 valence electrons. The summed E-state index contributed by atoms with van der Waals surface area (Å²) in [5.41, 5.74) is 1.47. The minimum atomic E-state index is -4.52. The predicted molar refractivity (Wildman–Crippen MR) is 84.2 cm³/mol. The van der Waals surface area contributed by atoms with Crippen LogP contribution >= 0.6 is 15.9 Å². The Kier molecular flexibility index (Phi) is 4.06. The quantitative estimate of drug-likeness (QED) is 0.639. The lowest BCUT2D eigenvalue weighted by atomic mass is 10.2. The molecule has 2 aromatic carbocycles. The van der Waals surface area contributed by atoms with E-state index in [4.69, 9.17) is 4.74 Å². The first-order valence-corrected chi connectivity index (χ1v) is 7.55. The van der Waals surface area contributed by atoms with E-state index in [0.29, 0.717) is 15.7 Å². The predicted octanol–water partition coefficient (Wildman–Crippen LogP) is 4.93. The fourth-order valence-corrected chi connectivity index (χ4v) is 2.75. The van der Waals surface area contributed by atoms with Gasteiger partial charge in [0.05, 0.1) is 5.52 Å². The molecule has 0 spiro atoms. The molecular formula is C16H12BrF3N2O. The molecule has 0 amide bonds. The zero-order valence-electron chi connectivity index (χ0n) is 12.1. The van der Waals surface area contributed by atoms with Gasteiger partial charge in [0, 0.05) is 11.5 Å². The number of rotatable bonds is 3. The van der Waals surface area contributed by atoms with Gasteiger partial charge in [0.25, 0.3) is 0 Å². The van der Waals surface area contributed by atoms with Crippen molar-refractivity contribution in [3.05, 3.63) is 58.3 Å². The topological polar surface area (TPSA) is 27.1 Å². The summed E-state index contributed by atoms with van der Waals surface area (Å²) >= 11 is 3.30. The SMILES string of the molecule is Cn1c(C(F)(F)F)nc2c(OCc3ccccc3)cc(Br)cc21. The molecule has 1 heterocycles. The van der Waals surface area contributed by atoms with Gasteiger partial charge >= 0.3 is 6.18 Å². The Morgan fingerprint density at radius 1 is 1.17 bits per heavy atom. The van der Waals surface area contributed by atoms with Crippen molar-refractivity contribution in [3.63, 3.8) is 0 Å². The van der Waals surface area contributed by atoms with Crippen LogP contribution in [0, 0.1) is 0 Å². The highest BCUT2D eigenvalue weighted by atomic mass is 79.9. The third kappa shape index (κ3) is 3.19. The van der Waals surface area contributed by atoms with E-state index in [2.05, 4.69) is 20.9 Å². The number of hydrogen-bond donors (Lipinski definition) is 0. The molecule has 3 aromatic rings. The summed E-state index contributed by atoms with van der Waals surface area (Å²) in [7, 11) is 1.34. The van der Waals surface area contributed by atoms with Gasteiger partial charge in [-0.25, -0.2) is 4.98 Å². The van der Waals surface area contributed by atoms with Gasteiger partial charge in [0.1, 0.15) is 17.9 Å². The number of fused-ring (bicyclic) bond motifs is 1. The van der Waals surface area contributed by atoms with E-state index in [9.17, 15) is 13.2 Å². The van der Waals surface area contributed by atoms with Crippen molar-refractivity contribution < 1.29 is 17.9 Å². The zero-order valence-corrected chi connectivity index (χ0v) is 13.6. The fourth-order valence-electron chi connectivity index (χ4n) is 2.32.